The molecule has 0 radical (unpaired) electrons. The topological polar surface area (TPSA) is 48.1 Å². The second kappa shape index (κ2) is 5.46. The molecule has 2 N–H and O–H groups in total. The predicted octanol–water partition coefficient (Wildman–Crippen LogP) is 2.68. The van der Waals surface area contributed by atoms with Gasteiger partial charge < -0.3 is 10.5 Å². The highest BCUT2D eigenvalue weighted by Gasteiger charge is 2.04. The van der Waals surface area contributed by atoms with Crippen LogP contribution in [0.4, 0.5) is 0 Å². The number of aryl methyl sites for hydroxylation is 1. The minimum Gasteiger partial charge on any atom is -0.439 e. The van der Waals surface area contributed by atoms with Crippen molar-refractivity contribution in [1.82, 2.24) is 4.98 Å². The first kappa shape index (κ1) is 11.6. The summed E-state index contributed by atoms with van der Waals surface area (Å²) < 4.78 is 5.75. The van der Waals surface area contributed by atoms with Crippen LogP contribution in [0.15, 0.2) is 42.6 Å². The number of hydrogen-bond acceptors (Lipinski definition) is 3. The van der Waals surface area contributed by atoms with E-state index in [0.717, 1.165) is 17.7 Å². The van der Waals surface area contributed by atoms with E-state index >= 15 is 0 Å². The second-order valence-corrected chi connectivity index (χ2v) is 3.92. The molecular weight excluding hydrogens is 212 g/mol. The zero-order chi connectivity index (χ0) is 12.1. The molecule has 88 valence electrons. The highest BCUT2D eigenvalue weighted by molar-refractivity contribution is 5.33. The minimum absolute atomic E-state index is 0.593. The molecule has 0 aliphatic heterocycles. The van der Waals surface area contributed by atoms with Crippen molar-refractivity contribution in [1.29, 1.82) is 0 Å². The van der Waals surface area contributed by atoms with Crippen LogP contribution >= 0.6 is 0 Å². The fraction of sp³-hybridized carbons (Fsp3) is 0.214. The van der Waals surface area contributed by atoms with Gasteiger partial charge in [-0.05, 0) is 38.1 Å². The lowest BCUT2D eigenvalue weighted by Gasteiger charge is -2.09. The highest BCUT2D eigenvalue weighted by Crippen LogP contribution is 2.23. The van der Waals surface area contributed by atoms with Crippen LogP contribution in [0.2, 0.25) is 0 Å². The fourth-order valence-corrected chi connectivity index (χ4v) is 1.58. The van der Waals surface area contributed by atoms with Crippen molar-refractivity contribution in [2.75, 3.05) is 6.54 Å². The van der Waals surface area contributed by atoms with Gasteiger partial charge in [-0.3, -0.25) is 0 Å². The Morgan fingerprint density at radius 1 is 1.18 bits per heavy atom. The molecule has 2 aromatic rings. The lowest BCUT2D eigenvalue weighted by atomic mass is 10.2. The predicted molar refractivity (Wildman–Crippen MR) is 68.2 cm³/mol. The van der Waals surface area contributed by atoms with Crippen molar-refractivity contribution < 1.29 is 4.74 Å². The van der Waals surface area contributed by atoms with Crippen LogP contribution in [0.25, 0.3) is 0 Å². The normalized spacial score (nSPS) is 10.2. The third-order valence-electron chi connectivity index (χ3n) is 2.50. The molecule has 0 spiro atoms. The van der Waals surface area contributed by atoms with Crippen LogP contribution in [0, 0.1) is 6.92 Å². The van der Waals surface area contributed by atoms with Gasteiger partial charge in [0.15, 0.2) is 0 Å². The molecule has 1 aromatic carbocycles. The summed E-state index contributed by atoms with van der Waals surface area (Å²) in [6.45, 7) is 2.64. The average Bonchev–Trinajstić information content (AvgIpc) is 2.35. The Bertz CT molecular complexity index is 480. The largest absolute Gasteiger partial charge is 0.439 e. The van der Waals surface area contributed by atoms with Gasteiger partial charge in [0.25, 0.3) is 0 Å². The number of ether oxygens (including phenoxy) is 1. The van der Waals surface area contributed by atoms with Gasteiger partial charge in [-0.2, -0.15) is 0 Å². The molecule has 2 rings (SSSR count). The summed E-state index contributed by atoms with van der Waals surface area (Å²) in [5.41, 5.74) is 7.81. The fourth-order valence-electron chi connectivity index (χ4n) is 1.58. The molecule has 3 heteroatoms. The molecule has 0 atom stereocenters. The maximum atomic E-state index is 5.75. The first-order valence-electron chi connectivity index (χ1n) is 5.68. The third-order valence-corrected chi connectivity index (χ3v) is 2.50. The molecule has 0 saturated carbocycles. The van der Waals surface area contributed by atoms with E-state index in [0.29, 0.717) is 12.4 Å². The van der Waals surface area contributed by atoms with Gasteiger partial charge in [-0.15, -0.1) is 0 Å². The highest BCUT2D eigenvalue weighted by atomic mass is 16.5. The zero-order valence-electron chi connectivity index (χ0n) is 9.89. The van der Waals surface area contributed by atoms with Gasteiger partial charge in [0.1, 0.15) is 5.75 Å². The molecule has 0 amide bonds. The Morgan fingerprint density at radius 3 is 2.65 bits per heavy atom. The summed E-state index contributed by atoms with van der Waals surface area (Å²) in [4.78, 5) is 4.24. The van der Waals surface area contributed by atoms with Crippen molar-refractivity contribution in [3.05, 3.63) is 53.7 Å². The second-order valence-electron chi connectivity index (χ2n) is 3.92. The number of rotatable bonds is 4. The molecule has 1 heterocycles. The summed E-state index contributed by atoms with van der Waals surface area (Å²) in [5.74, 6) is 1.44. The summed E-state index contributed by atoms with van der Waals surface area (Å²) in [6, 6.07) is 11.8. The molecule has 0 aliphatic carbocycles. The van der Waals surface area contributed by atoms with E-state index in [1.165, 1.54) is 5.56 Å². The van der Waals surface area contributed by atoms with E-state index in [4.69, 9.17) is 10.5 Å². The van der Waals surface area contributed by atoms with E-state index < -0.39 is 0 Å². The van der Waals surface area contributed by atoms with Crippen molar-refractivity contribution in [3.63, 3.8) is 0 Å². The lowest BCUT2D eigenvalue weighted by Crippen LogP contribution is -2.04. The Kier molecular flexibility index (Phi) is 3.73. The quantitative estimate of drug-likeness (QED) is 0.875. The summed E-state index contributed by atoms with van der Waals surface area (Å²) in [5, 5.41) is 0. The monoisotopic (exact) mass is 228 g/mol. The molecule has 0 saturated heterocycles. The van der Waals surface area contributed by atoms with Crippen LogP contribution in [0.1, 0.15) is 11.1 Å². The van der Waals surface area contributed by atoms with Gasteiger partial charge in [0.05, 0.1) is 0 Å². The van der Waals surface area contributed by atoms with Crippen LogP contribution in [0.5, 0.6) is 11.6 Å². The number of pyridine rings is 1. The lowest BCUT2D eigenvalue weighted by molar-refractivity contribution is 0.456. The molecule has 0 unspecified atom stereocenters. The van der Waals surface area contributed by atoms with E-state index in [1.54, 1.807) is 6.20 Å². The molecule has 1 aromatic heterocycles. The van der Waals surface area contributed by atoms with E-state index in [2.05, 4.69) is 4.98 Å². The zero-order valence-corrected chi connectivity index (χ0v) is 9.89. The Morgan fingerprint density at radius 2 is 1.94 bits per heavy atom. The number of nitrogens with zero attached hydrogens (tertiary/aromatic N) is 1. The van der Waals surface area contributed by atoms with E-state index in [-0.39, 0.29) is 0 Å². The first-order chi connectivity index (χ1) is 8.29. The van der Waals surface area contributed by atoms with Gasteiger partial charge >= 0.3 is 0 Å². The molecule has 0 aliphatic rings. The van der Waals surface area contributed by atoms with Crippen molar-refractivity contribution in [2.24, 2.45) is 5.73 Å². The van der Waals surface area contributed by atoms with Gasteiger partial charge in [-0.25, -0.2) is 4.98 Å². The standard InChI is InChI=1S/C14H16N2O/c1-11-4-6-13(7-5-11)17-14-12(8-9-15)3-2-10-16-14/h2-7,10H,8-9,15H2,1H3. The molecular formula is C14H16N2O. The van der Waals surface area contributed by atoms with Crippen molar-refractivity contribution >= 4 is 0 Å². The number of benzene rings is 1. The maximum Gasteiger partial charge on any atom is 0.222 e. The Labute approximate surface area is 101 Å². The summed E-state index contributed by atoms with van der Waals surface area (Å²) in [6.07, 6.45) is 2.50. The van der Waals surface area contributed by atoms with Crippen molar-refractivity contribution in [2.45, 2.75) is 13.3 Å². The summed E-state index contributed by atoms with van der Waals surface area (Å²) >= 11 is 0. The summed E-state index contributed by atoms with van der Waals surface area (Å²) in [7, 11) is 0. The van der Waals surface area contributed by atoms with Crippen LogP contribution in [-0.4, -0.2) is 11.5 Å². The molecule has 0 fully saturated rings. The molecule has 0 bridgehead atoms. The number of nitrogens with two attached hydrogens (primary N) is 1. The first-order valence-corrected chi connectivity index (χ1v) is 5.68. The molecule has 3 nitrogen and oxygen atoms in total. The minimum atomic E-state index is 0.593. The van der Waals surface area contributed by atoms with Crippen molar-refractivity contribution in [3.8, 4) is 11.6 Å². The Hall–Kier alpha value is -1.87. The van der Waals surface area contributed by atoms with Crippen LogP contribution in [0.3, 0.4) is 0 Å². The third kappa shape index (κ3) is 3.04. The van der Waals surface area contributed by atoms with Gasteiger partial charge in [0, 0.05) is 11.8 Å². The number of hydrogen-bond donors (Lipinski definition) is 1. The van der Waals surface area contributed by atoms with Gasteiger partial charge in [-0.1, -0.05) is 23.8 Å². The van der Waals surface area contributed by atoms with Crippen LogP contribution < -0.4 is 10.5 Å². The molecule has 17 heavy (non-hydrogen) atoms. The van der Waals surface area contributed by atoms with E-state index in [1.807, 2.05) is 43.3 Å². The Balaban J connectivity index is 2.20. The van der Waals surface area contributed by atoms with Crippen LogP contribution in [-0.2, 0) is 6.42 Å². The van der Waals surface area contributed by atoms with Gasteiger partial charge in [0.2, 0.25) is 5.88 Å². The average molecular weight is 228 g/mol. The van der Waals surface area contributed by atoms with E-state index in [9.17, 15) is 0 Å². The maximum absolute atomic E-state index is 5.75. The number of aromatic nitrogens is 1. The SMILES string of the molecule is Cc1ccc(Oc2ncccc2CCN)cc1. The smallest absolute Gasteiger partial charge is 0.222 e.